The minimum Gasteiger partial charge on any atom is -0.460 e. The van der Waals surface area contributed by atoms with Crippen molar-refractivity contribution in [1.29, 1.82) is 0 Å². The number of hydrogen-bond donors (Lipinski definition) is 0. The Morgan fingerprint density at radius 3 is 2.27 bits per heavy atom. The molecule has 0 N–H and O–H groups in total. The van der Waals surface area contributed by atoms with E-state index in [0.29, 0.717) is 16.7 Å². The van der Waals surface area contributed by atoms with Gasteiger partial charge in [-0.3, -0.25) is 4.18 Å². The Morgan fingerprint density at radius 2 is 1.77 bits per heavy atom. The lowest BCUT2D eigenvalue weighted by molar-refractivity contribution is 0.396. The van der Waals surface area contributed by atoms with Gasteiger partial charge in [0.15, 0.2) is 9.84 Å². The number of fused-ring (bicyclic) bond motifs is 1. The maximum atomic E-state index is 11.8. The summed E-state index contributed by atoms with van der Waals surface area (Å²) in [6, 6.07) is 4.54. The number of rotatable bonds is 5. The van der Waals surface area contributed by atoms with E-state index in [2.05, 4.69) is 4.18 Å². The summed E-state index contributed by atoms with van der Waals surface area (Å²) >= 11 is 0. The highest BCUT2D eigenvalue weighted by atomic mass is 32.2. The molecule has 0 saturated heterocycles. The molecule has 22 heavy (non-hydrogen) atoms. The lowest BCUT2D eigenvalue weighted by atomic mass is 10.1. The fraction of sp³-hybridized carbons (Fsp3) is 0.429. The van der Waals surface area contributed by atoms with Crippen molar-refractivity contribution >= 4 is 30.9 Å². The monoisotopic (exact) mass is 346 g/mol. The van der Waals surface area contributed by atoms with E-state index in [1.54, 1.807) is 6.07 Å². The molecule has 122 valence electrons. The maximum absolute atomic E-state index is 11.8. The van der Waals surface area contributed by atoms with Gasteiger partial charge in [-0.25, -0.2) is 8.42 Å². The van der Waals surface area contributed by atoms with Crippen LogP contribution < -0.4 is 0 Å². The van der Waals surface area contributed by atoms with Crippen LogP contribution in [0.2, 0.25) is 0 Å². The Kier molecular flexibility index (Phi) is 4.38. The fourth-order valence-corrected chi connectivity index (χ4v) is 3.48. The van der Waals surface area contributed by atoms with Crippen LogP contribution in [0.5, 0.6) is 0 Å². The number of sulfone groups is 1. The van der Waals surface area contributed by atoms with Crippen molar-refractivity contribution in [3.63, 3.8) is 0 Å². The molecule has 2 aromatic rings. The molecule has 0 radical (unpaired) electrons. The van der Waals surface area contributed by atoms with Crippen molar-refractivity contribution < 1.29 is 25.4 Å². The van der Waals surface area contributed by atoms with Crippen molar-refractivity contribution in [2.24, 2.45) is 0 Å². The van der Waals surface area contributed by atoms with Crippen molar-refractivity contribution in [3.05, 3.63) is 29.5 Å². The van der Waals surface area contributed by atoms with Crippen LogP contribution in [0.15, 0.2) is 27.5 Å². The van der Waals surface area contributed by atoms with Gasteiger partial charge in [0.25, 0.3) is 10.1 Å². The zero-order valence-electron chi connectivity index (χ0n) is 12.8. The van der Waals surface area contributed by atoms with Gasteiger partial charge < -0.3 is 4.42 Å². The summed E-state index contributed by atoms with van der Waals surface area (Å²) in [6.45, 7) is 3.86. The SMILES string of the molecule is COS(=O)(=O)Cc1cc(S(C)(=O)=O)cc2cc(C(C)C)oc12. The van der Waals surface area contributed by atoms with E-state index in [1.807, 2.05) is 13.8 Å². The minimum absolute atomic E-state index is 0.0532. The van der Waals surface area contributed by atoms with Gasteiger partial charge >= 0.3 is 0 Å². The summed E-state index contributed by atoms with van der Waals surface area (Å²) in [5.41, 5.74) is 0.642. The molecule has 1 heterocycles. The largest absolute Gasteiger partial charge is 0.460 e. The Balaban J connectivity index is 2.75. The molecule has 0 amide bonds. The number of hydrogen-bond acceptors (Lipinski definition) is 6. The van der Waals surface area contributed by atoms with E-state index in [0.717, 1.165) is 13.4 Å². The second-order valence-corrected chi connectivity index (χ2v) is 9.20. The van der Waals surface area contributed by atoms with Crippen LogP contribution in [0, 0.1) is 0 Å². The molecule has 0 aliphatic carbocycles. The molecule has 8 heteroatoms. The normalized spacial score (nSPS) is 13.1. The van der Waals surface area contributed by atoms with Crippen molar-refractivity contribution in [2.45, 2.75) is 30.4 Å². The Hall–Kier alpha value is -1.38. The van der Waals surface area contributed by atoms with Crippen molar-refractivity contribution in [1.82, 2.24) is 0 Å². The Morgan fingerprint density at radius 1 is 1.14 bits per heavy atom. The van der Waals surface area contributed by atoms with Gasteiger partial charge in [-0.15, -0.1) is 0 Å². The average molecular weight is 346 g/mol. The van der Waals surface area contributed by atoms with E-state index in [4.69, 9.17) is 4.42 Å². The third-order valence-electron chi connectivity index (χ3n) is 3.27. The molecule has 0 fully saturated rings. The van der Waals surface area contributed by atoms with E-state index in [-0.39, 0.29) is 16.4 Å². The third-order valence-corrected chi connectivity index (χ3v) is 5.53. The number of furan rings is 1. The smallest absolute Gasteiger partial charge is 0.271 e. The quantitative estimate of drug-likeness (QED) is 0.772. The van der Waals surface area contributed by atoms with Gasteiger partial charge in [0.1, 0.15) is 17.1 Å². The molecular formula is C14H18O6S2. The molecule has 1 aromatic heterocycles. The molecule has 0 spiro atoms. The highest BCUT2D eigenvalue weighted by Crippen LogP contribution is 2.31. The molecule has 0 bridgehead atoms. The molecule has 0 atom stereocenters. The summed E-state index contributed by atoms with van der Waals surface area (Å²) in [6.07, 6.45) is 1.08. The highest BCUT2D eigenvalue weighted by molar-refractivity contribution is 7.90. The van der Waals surface area contributed by atoms with Gasteiger partial charge in [0.05, 0.1) is 12.0 Å². The summed E-state index contributed by atoms with van der Waals surface area (Å²) in [5, 5.41) is 0.563. The zero-order chi connectivity index (χ0) is 16.7. The van der Waals surface area contributed by atoms with Crippen LogP contribution in [0.25, 0.3) is 11.0 Å². The second-order valence-electron chi connectivity index (χ2n) is 5.45. The number of benzene rings is 1. The summed E-state index contributed by atoms with van der Waals surface area (Å²) < 4.78 is 57.1. The van der Waals surface area contributed by atoms with Crippen LogP contribution in [0.4, 0.5) is 0 Å². The maximum Gasteiger partial charge on any atom is 0.271 e. The molecule has 0 aliphatic heterocycles. The van der Waals surface area contributed by atoms with Crippen LogP contribution in [0.3, 0.4) is 0 Å². The van der Waals surface area contributed by atoms with Crippen LogP contribution >= 0.6 is 0 Å². The Labute approximate surface area is 130 Å². The van der Waals surface area contributed by atoms with Gasteiger partial charge in [-0.2, -0.15) is 8.42 Å². The predicted molar refractivity (Wildman–Crippen MR) is 83.0 cm³/mol. The first-order valence-corrected chi connectivity index (χ1v) is 10.0. The molecule has 0 saturated carbocycles. The van der Waals surface area contributed by atoms with E-state index < -0.39 is 25.7 Å². The standard InChI is InChI=1S/C14H18O6S2/c1-9(2)13-7-10-5-12(21(4,15)16)6-11(14(10)20-13)8-22(17,18)19-3/h5-7,9H,8H2,1-4H3. The van der Waals surface area contributed by atoms with Crippen molar-refractivity contribution in [3.8, 4) is 0 Å². The lowest BCUT2D eigenvalue weighted by Crippen LogP contribution is -2.07. The van der Waals surface area contributed by atoms with E-state index in [1.165, 1.54) is 12.1 Å². The molecule has 6 nitrogen and oxygen atoms in total. The van der Waals surface area contributed by atoms with E-state index >= 15 is 0 Å². The Bertz CT molecular complexity index is 904. The molecule has 0 unspecified atom stereocenters. The zero-order valence-corrected chi connectivity index (χ0v) is 14.4. The highest BCUT2D eigenvalue weighted by Gasteiger charge is 2.20. The van der Waals surface area contributed by atoms with Crippen LogP contribution in [0.1, 0.15) is 31.1 Å². The second kappa shape index (κ2) is 5.68. The first kappa shape index (κ1) is 17.0. The molecule has 2 rings (SSSR count). The first-order valence-electron chi connectivity index (χ1n) is 6.58. The summed E-state index contributed by atoms with van der Waals surface area (Å²) in [5.74, 6) is 0.312. The van der Waals surface area contributed by atoms with Crippen molar-refractivity contribution in [2.75, 3.05) is 13.4 Å². The molecule has 0 aliphatic rings. The fourth-order valence-electron chi connectivity index (χ4n) is 2.07. The van der Waals surface area contributed by atoms with Crippen LogP contribution in [-0.4, -0.2) is 30.2 Å². The predicted octanol–water partition coefficient (Wildman–Crippen LogP) is 2.44. The van der Waals surface area contributed by atoms with Gasteiger partial charge in [0, 0.05) is 23.1 Å². The molecule has 1 aromatic carbocycles. The lowest BCUT2D eigenvalue weighted by Gasteiger charge is -2.06. The van der Waals surface area contributed by atoms with Crippen LogP contribution in [-0.2, 0) is 29.9 Å². The minimum atomic E-state index is -3.79. The van der Waals surface area contributed by atoms with Gasteiger partial charge in [0.2, 0.25) is 0 Å². The van der Waals surface area contributed by atoms with Gasteiger partial charge in [-0.05, 0) is 18.2 Å². The molecular weight excluding hydrogens is 328 g/mol. The summed E-state index contributed by atoms with van der Waals surface area (Å²) in [7, 11) is -6.20. The van der Waals surface area contributed by atoms with Gasteiger partial charge in [-0.1, -0.05) is 13.8 Å². The first-order chi connectivity index (χ1) is 10.0. The third kappa shape index (κ3) is 3.50. The average Bonchev–Trinajstić information content (AvgIpc) is 2.81. The summed E-state index contributed by atoms with van der Waals surface area (Å²) in [4.78, 5) is 0.0532. The topological polar surface area (TPSA) is 90.7 Å². The van der Waals surface area contributed by atoms with E-state index in [9.17, 15) is 16.8 Å².